The summed E-state index contributed by atoms with van der Waals surface area (Å²) in [5.74, 6) is -0.0887. The van der Waals surface area contributed by atoms with Crippen LogP contribution in [-0.2, 0) is 16.0 Å². The van der Waals surface area contributed by atoms with Gasteiger partial charge in [0, 0.05) is 26.1 Å². The van der Waals surface area contributed by atoms with Crippen molar-refractivity contribution >= 4 is 11.8 Å². The van der Waals surface area contributed by atoms with Crippen molar-refractivity contribution in [1.82, 2.24) is 10.2 Å². The van der Waals surface area contributed by atoms with Gasteiger partial charge in [0.05, 0.1) is 5.92 Å². The molecule has 1 saturated heterocycles. The minimum atomic E-state index is -0.178. The zero-order valence-electron chi connectivity index (χ0n) is 11.3. The Balaban J connectivity index is 1.75. The summed E-state index contributed by atoms with van der Waals surface area (Å²) in [6.45, 7) is 3.81. The molecule has 0 saturated carbocycles. The second kappa shape index (κ2) is 6.36. The van der Waals surface area contributed by atoms with Crippen molar-refractivity contribution in [2.24, 2.45) is 5.92 Å². The first kappa shape index (κ1) is 13.6. The molecule has 4 nitrogen and oxygen atoms in total. The van der Waals surface area contributed by atoms with Crippen molar-refractivity contribution < 1.29 is 9.59 Å². The van der Waals surface area contributed by atoms with Crippen molar-refractivity contribution in [3.8, 4) is 0 Å². The quantitative estimate of drug-likeness (QED) is 0.865. The van der Waals surface area contributed by atoms with Gasteiger partial charge in [-0.05, 0) is 18.9 Å². The maximum absolute atomic E-state index is 12.0. The van der Waals surface area contributed by atoms with Gasteiger partial charge in [-0.2, -0.15) is 0 Å². The van der Waals surface area contributed by atoms with Gasteiger partial charge in [0.2, 0.25) is 11.8 Å². The van der Waals surface area contributed by atoms with Crippen LogP contribution in [0.3, 0.4) is 0 Å². The molecule has 1 unspecified atom stereocenters. The summed E-state index contributed by atoms with van der Waals surface area (Å²) in [4.78, 5) is 25.3. The highest BCUT2D eigenvalue weighted by atomic mass is 16.2. The van der Waals surface area contributed by atoms with E-state index in [1.54, 1.807) is 4.90 Å². The van der Waals surface area contributed by atoms with E-state index < -0.39 is 0 Å². The van der Waals surface area contributed by atoms with E-state index in [9.17, 15) is 9.59 Å². The van der Waals surface area contributed by atoms with Crippen LogP contribution in [-0.4, -0.2) is 36.3 Å². The normalized spacial score (nSPS) is 18.7. The topological polar surface area (TPSA) is 49.4 Å². The van der Waals surface area contributed by atoms with Gasteiger partial charge in [0.15, 0.2) is 0 Å². The lowest BCUT2D eigenvalue weighted by Crippen LogP contribution is -2.34. The smallest absolute Gasteiger partial charge is 0.225 e. The minimum Gasteiger partial charge on any atom is -0.355 e. The lowest BCUT2D eigenvalue weighted by molar-refractivity contribution is -0.128. The summed E-state index contributed by atoms with van der Waals surface area (Å²) in [6.07, 6.45) is 1.18. The van der Waals surface area contributed by atoms with Crippen molar-refractivity contribution in [2.75, 3.05) is 19.6 Å². The summed E-state index contributed by atoms with van der Waals surface area (Å²) >= 11 is 0. The molecule has 1 N–H and O–H groups in total. The summed E-state index contributed by atoms with van der Waals surface area (Å²) in [5, 5.41) is 2.92. The third kappa shape index (κ3) is 3.56. The molecule has 1 aliphatic heterocycles. The Morgan fingerprint density at radius 2 is 2.11 bits per heavy atom. The number of amides is 2. The Labute approximate surface area is 113 Å². The number of likely N-dealkylation sites (tertiary alicyclic amines) is 1. The zero-order chi connectivity index (χ0) is 13.7. The lowest BCUT2D eigenvalue weighted by Gasteiger charge is -2.13. The van der Waals surface area contributed by atoms with Crippen LogP contribution in [0.5, 0.6) is 0 Å². The number of benzene rings is 1. The Bertz CT molecular complexity index is 445. The molecule has 1 atom stereocenters. The lowest BCUT2D eigenvalue weighted by atomic mass is 10.1. The van der Waals surface area contributed by atoms with E-state index in [4.69, 9.17) is 0 Å². The van der Waals surface area contributed by atoms with Crippen molar-refractivity contribution in [2.45, 2.75) is 19.8 Å². The highest BCUT2D eigenvalue weighted by Gasteiger charge is 2.32. The van der Waals surface area contributed by atoms with Gasteiger partial charge in [-0.25, -0.2) is 0 Å². The van der Waals surface area contributed by atoms with Crippen LogP contribution in [0.15, 0.2) is 30.3 Å². The van der Waals surface area contributed by atoms with Crippen LogP contribution < -0.4 is 5.32 Å². The van der Waals surface area contributed by atoms with E-state index in [0.717, 1.165) is 6.42 Å². The number of hydrogen-bond donors (Lipinski definition) is 1. The fraction of sp³-hybridized carbons (Fsp3) is 0.467. The molecule has 0 aromatic heterocycles. The number of rotatable bonds is 5. The molecule has 2 rings (SSSR count). The van der Waals surface area contributed by atoms with Gasteiger partial charge in [-0.15, -0.1) is 0 Å². The molecule has 1 fully saturated rings. The maximum atomic E-state index is 12.0. The van der Waals surface area contributed by atoms with Gasteiger partial charge in [0.25, 0.3) is 0 Å². The van der Waals surface area contributed by atoms with Crippen LogP contribution >= 0.6 is 0 Å². The standard InChI is InChI=1S/C15H20N2O2/c1-2-17-11-13(10-14(17)18)15(19)16-9-8-12-6-4-3-5-7-12/h3-7,13H,2,8-11H2,1H3,(H,16,19). The zero-order valence-corrected chi connectivity index (χ0v) is 11.3. The highest BCUT2D eigenvalue weighted by Crippen LogP contribution is 2.17. The predicted octanol–water partition coefficient (Wildman–Crippen LogP) is 1.21. The van der Waals surface area contributed by atoms with E-state index in [1.807, 2.05) is 37.3 Å². The van der Waals surface area contributed by atoms with Crippen molar-refractivity contribution in [1.29, 1.82) is 0 Å². The molecule has 2 amide bonds. The fourth-order valence-corrected chi connectivity index (χ4v) is 2.37. The number of hydrogen-bond acceptors (Lipinski definition) is 2. The van der Waals surface area contributed by atoms with Gasteiger partial charge < -0.3 is 10.2 Å². The van der Waals surface area contributed by atoms with Crippen molar-refractivity contribution in [3.63, 3.8) is 0 Å². The number of nitrogens with one attached hydrogen (secondary N) is 1. The molecule has 1 aromatic rings. The maximum Gasteiger partial charge on any atom is 0.225 e. The number of nitrogens with zero attached hydrogens (tertiary/aromatic N) is 1. The van der Waals surface area contributed by atoms with Crippen LogP contribution in [0.4, 0.5) is 0 Å². The molecule has 1 heterocycles. The molecular formula is C15H20N2O2. The van der Waals surface area contributed by atoms with Crippen molar-refractivity contribution in [3.05, 3.63) is 35.9 Å². The predicted molar refractivity (Wildman–Crippen MR) is 73.5 cm³/mol. The summed E-state index contributed by atoms with van der Waals surface area (Å²) in [7, 11) is 0. The highest BCUT2D eigenvalue weighted by molar-refractivity contribution is 5.89. The van der Waals surface area contributed by atoms with E-state index in [1.165, 1.54) is 5.56 Å². The molecular weight excluding hydrogens is 240 g/mol. The van der Waals surface area contributed by atoms with Crippen LogP contribution in [0.25, 0.3) is 0 Å². The molecule has 4 heteroatoms. The van der Waals surface area contributed by atoms with E-state index in [0.29, 0.717) is 26.1 Å². The monoisotopic (exact) mass is 260 g/mol. The summed E-state index contributed by atoms with van der Waals surface area (Å²) in [5.41, 5.74) is 1.21. The molecule has 19 heavy (non-hydrogen) atoms. The van der Waals surface area contributed by atoms with Gasteiger partial charge >= 0.3 is 0 Å². The van der Waals surface area contributed by atoms with Gasteiger partial charge in [0.1, 0.15) is 0 Å². The van der Waals surface area contributed by atoms with Crippen LogP contribution in [0.2, 0.25) is 0 Å². The van der Waals surface area contributed by atoms with E-state index in [-0.39, 0.29) is 17.7 Å². The Hall–Kier alpha value is -1.84. The first-order valence-corrected chi connectivity index (χ1v) is 6.80. The van der Waals surface area contributed by atoms with Gasteiger partial charge in [-0.3, -0.25) is 9.59 Å². The SMILES string of the molecule is CCN1CC(C(=O)NCCc2ccccc2)CC1=O. The third-order valence-corrected chi connectivity index (χ3v) is 3.52. The van der Waals surface area contributed by atoms with Crippen LogP contribution in [0, 0.1) is 5.92 Å². The second-order valence-electron chi connectivity index (χ2n) is 4.86. The largest absolute Gasteiger partial charge is 0.355 e. The molecule has 1 aliphatic rings. The number of carbonyl (C=O) groups is 2. The number of carbonyl (C=O) groups excluding carboxylic acids is 2. The minimum absolute atomic E-state index is 0.000214. The second-order valence-corrected chi connectivity index (χ2v) is 4.86. The average molecular weight is 260 g/mol. The fourth-order valence-electron chi connectivity index (χ4n) is 2.37. The Morgan fingerprint density at radius 3 is 2.74 bits per heavy atom. The van der Waals surface area contributed by atoms with Crippen LogP contribution in [0.1, 0.15) is 18.9 Å². The third-order valence-electron chi connectivity index (χ3n) is 3.52. The molecule has 1 aromatic carbocycles. The molecule has 0 radical (unpaired) electrons. The summed E-state index contributed by atoms with van der Waals surface area (Å²) < 4.78 is 0. The van der Waals surface area contributed by atoms with E-state index >= 15 is 0 Å². The average Bonchev–Trinajstić information content (AvgIpc) is 2.81. The molecule has 102 valence electrons. The first-order chi connectivity index (χ1) is 9.20. The van der Waals surface area contributed by atoms with Gasteiger partial charge in [-0.1, -0.05) is 30.3 Å². The molecule has 0 spiro atoms. The van der Waals surface area contributed by atoms with E-state index in [2.05, 4.69) is 5.32 Å². The summed E-state index contributed by atoms with van der Waals surface area (Å²) in [6, 6.07) is 10.1. The molecule has 0 aliphatic carbocycles. The Morgan fingerprint density at radius 1 is 1.37 bits per heavy atom. The Kier molecular flexibility index (Phi) is 4.55. The molecule has 0 bridgehead atoms. The first-order valence-electron chi connectivity index (χ1n) is 6.80.